The minimum atomic E-state index is -0.285. The van der Waals surface area contributed by atoms with E-state index in [0.29, 0.717) is 30.1 Å². The highest BCUT2D eigenvalue weighted by Gasteiger charge is 2.17. The van der Waals surface area contributed by atoms with Crippen LogP contribution in [0.4, 0.5) is 4.39 Å². The summed E-state index contributed by atoms with van der Waals surface area (Å²) >= 11 is 0. The second kappa shape index (κ2) is 7.54. The molecule has 2 heterocycles. The molecule has 0 atom stereocenters. The van der Waals surface area contributed by atoms with Crippen LogP contribution in [0.15, 0.2) is 46.9 Å². The standard InChI is InChI=1S/C23H22FN3O2/c1-4-20-26-14(3)22(29-20)23(28)25-12-15-9-10-19-17(11-15)13(2)21(27-19)16-7-5-6-8-18(16)24/h5-11,27H,4,12H2,1-3H3,(H,25,28). The van der Waals surface area contributed by atoms with Gasteiger partial charge >= 0.3 is 0 Å². The number of carbonyl (C=O) groups is 1. The van der Waals surface area contributed by atoms with Crippen molar-refractivity contribution < 1.29 is 13.6 Å². The number of carbonyl (C=O) groups excluding carboxylic acids is 1. The highest BCUT2D eigenvalue weighted by atomic mass is 19.1. The first-order valence-corrected chi connectivity index (χ1v) is 9.58. The van der Waals surface area contributed by atoms with Crippen LogP contribution in [0.5, 0.6) is 0 Å². The molecule has 0 saturated carbocycles. The van der Waals surface area contributed by atoms with Crippen molar-refractivity contribution in [3.05, 3.63) is 76.8 Å². The molecule has 0 aliphatic carbocycles. The zero-order chi connectivity index (χ0) is 20.5. The average Bonchev–Trinajstić information content (AvgIpc) is 3.26. The Bertz CT molecular complexity index is 1210. The number of hydrogen-bond acceptors (Lipinski definition) is 3. The maximum atomic E-state index is 14.2. The number of benzene rings is 2. The van der Waals surface area contributed by atoms with Crippen LogP contribution in [-0.4, -0.2) is 15.9 Å². The molecule has 1 amide bonds. The number of halogens is 1. The van der Waals surface area contributed by atoms with Crippen molar-refractivity contribution in [2.24, 2.45) is 0 Å². The number of hydrogen-bond donors (Lipinski definition) is 2. The fourth-order valence-corrected chi connectivity index (χ4v) is 3.49. The van der Waals surface area contributed by atoms with Crippen molar-refractivity contribution in [1.82, 2.24) is 15.3 Å². The van der Waals surface area contributed by atoms with E-state index < -0.39 is 0 Å². The van der Waals surface area contributed by atoms with Gasteiger partial charge < -0.3 is 14.7 Å². The molecule has 0 aliphatic rings. The molecule has 148 valence electrons. The van der Waals surface area contributed by atoms with Gasteiger partial charge in [0.15, 0.2) is 5.89 Å². The summed E-state index contributed by atoms with van der Waals surface area (Å²) in [6.45, 7) is 6.01. The van der Waals surface area contributed by atoms with Gasteiger partial charge in [-0.15, -0.1) is 0 Å². The van der Waals surface area contributed by atoms with E-state index in [9.17, 15) is 9.18 Å². The molecule has 6 heteroatoms. The van der Waals surface area contributed by atoms with Crippen molar-refractivity contribution in [1.29, 1.82) is 0 Å². The molecule has 0 radical (unpaired) electrons. The smallest absolute Gasteiger partial charge is 0.289 e. The molecule has 0 spiro atoms. The van der Waals surface area contributed by atoms with Crippen LogP contribution in [0.2, 0.25) is 0 Å². The van der Waals surface area contributed by atoms with Crippen molar-refractivity contribution >= 4 is 16.8 Å². The SMILES string of the molecule is CCc1nc(C)c(C(=O)NCc2ccc3[nH]c(-c4ccccc4F)c(C)c3c2)o1. The fourth-order valence-electron chi connectivity index (χ4n) is 3.49. The van der Waals surface area contributed by atoms with Gasteiger partial charge in [0, 0.05) is 29.4 Å². The minimum absolute atomic E-state index is 0.252. The second-order valence-electron chi connectivity index (χ2n) is 7.04. The van der Waals surface area contributed by atoms with Crippen LogP contribution in [0, 0.1) is 19.7 Å². The maximum Gasteiger partial charge on any atom is 0.289 e. The largest absolute Gasteiger partial charge is 0.435 e. The van der Waals surface area contributed by atoms with Gasteiger partial charge in [-0.25, -0.2) is 9.37 Å². The van der Waals surface area contributed by atoms with E-state index in [1.807, 2.05) is 38.1 Å². The molecule has 0 aliphatic heterocycles. The van der Waals surface area contributed by atoms with Crippen molar-refractivity contribution in [2.45, 2.75) is 33.7 Å². The third-order valence-corrected chi connectivity index (χ3v) is 5.07. The number of amides is 1. The van der Waals surface area contributed by atoms with Gasteiger partial charge in [0.05, 0.1) is 11.4 Å². The van der Waals surface area contributed by atoms with Gasteiger partial charge in [-0.2, -0.15) is 0 Å². The number of aryl methyl sites for hydroxylation is 3. The van der Waals surface area contributed by atoms with Crippen LogP contribution in [0.25, 0.3) is 22.2 Å². The molecule has 4 rings (SSSR count). The molecular formula is C23H22FN3O2. The zero-order valence-corrected chi connectivity index (χ0v) is 16.6. The van der Waals surface area contributed by atoms with E-state index in [4.69, 9.17) is 4.42 Å². The third kappa shape index (κ3) is 3.53. The van der Waals surface area contributed by atoms with Gasteiger partial charge in [-0.3, -0.25) is 4.79 Å². The van der Waals surface area contributed by atoms with Crippen LogP contribution in [0.3, 0.4) is 0 Å². The number of nitrogens with zero attached hydrogens (tertiary/aromatic N) is 1. The average molecular weight is 391 g/mol. The summed E-state index contributed by atoms with van der Waals surface area (Å²) in [4.78, 5) is 20.0. The highest BCUT2D eigenvalue weighted by Crippen LogP contribution is 2.31. The molecule has 0 unspecified atom stereocenters. The Labute approximate surface area is 168 Å². The molecule has 2 aromatic carbocycles. The van der Waals surface area contributed by atoms with Crippen molar-refractivity contribution in [3.63, 3.8) is 0 Å². The summed E-state index contributed by atoms with van der Waals surface area (Å²) < 4.78 is 19.7. The third-order valence-electron chi connectivity index (χ3n) is 5.07. The summed E-state index contributed by atoms with van der Waals surface area (Å²) in [6.07, 6.45) is 0.641. The number of oxazole rings is 1. The monoisotopic (exact) mass is 391 g/mol. The molecule has 29 heavy (non-hydrogen) atoms. The molecule has 0 bridgehead atoms. The summed E-state index contributed by atoms with van der Waals surface area (Å²) in [5, 5.41) is 3.88. The lowest BCUT2D eigenvalue weighted by atomic mass is 10.0. The van der Waals surface area contributed by atoms with E-state index in [2.05, 4.69) is 15.3 Å². The van der Waals surface area contributed by atoms with E-state index in [1.54, 1.807) is 19.1 Å². The molecule has 0 fully saturated rings. The Morgan fingerprint density at radius 3 is 2.72 bits per heavy atom. The van der Waals surface area contributed by atoms with Gasteiger partial charge in [0.1, 0.15) is 5.82 Å². The lowest BCUT2D eigenvalue weighted by Gasteiger charge is -2.05. The first kappa shape index (κ1) is 18.9. The normalized spacial score (nSPS) is 11.2. The first-order chi connectivity index (χ1) is 14.0. The predicted molar refractivity (Wildman–Crippen MR) is 110 cm³/mol. The van der Waals surface area contributed by atoms with E-state index in [0.717, 1.165) is 27.7 Å². The molecule has 2 aromatic heterocycles. The van der Waals surface area contributed by atoms with Crippen LogP contribution in [-0.2, 0) is 13.0 Å². The maximum absolute atomic E-state index is 14.2. The molecule has 4 aromatic rings. The second-order valence-corrected chi connectivity index (χ2v) is 7.04. The highest BCUT2D eigenvalue weighted by molar-refractivity contribution is 5.93. The van der Waals surface area contributed by atoms with Crippen molar-refractivity contribution in [3.8, 4) is 11.3 Å². The summed E-state index contributed by atoms with van der Waals surface area (Å²) in [6, 6.07) is 12.6. The van der Waals surface area contributed by atoms with Gasteiger partial charge in [-0.05, 0) is 49.2 Å². The fraction of sp³-hybridized carbons (Fsp3) is 0.217. The Morgan fingerprint density at radius 1 is 1.21 bits per heavy atom. The van der Waals surface area contributed by atoms with Crippen molar-refractivity contribution in [2.75, 3.05) is 0 Å². The van der Waals surface area contributed by atoms with E-state index in [-0.39, 0.29) is 17.5 Å². The Kier molecular flexibility index (Phi) is 4.92. The quantitative estimate of drug-likeness (QED) is 0.499. The molecule has 5 nitrogen and oxygen atoms in total. The lowest BCUT2D eigenvalue weighted by Crippen LogP contribution is -2.23. The lowest BCUT2D eigenvalue weighted by molar-refractivity contribution is 0.0920. The minimum Gasteiger partial charge on any atom is -0.435 e. The van der Waals surface area contributed by atoms with E-state index in [1.165, 1.54) is 6.07 Å². The van der Waals surface area contributed by atoms with Gasteiger partial charge in [0.25, 0.3) is 5.91 Å². The van der Waals surface area contributed by atoms with Crippen LogP contribution in [0.1, 0.15) is 40.2 Å². The zero-order valence-electron chi connectivity index (χ0n) is 16.6. The number of H-pyrrole nitrogens is 1. The molecule has 2 N–H and O–H groups in total. The number of aromatic nitrogens is 2. The predicted octanol–water partition coefficient (Wildman–Crippen LogP) is 5.07. The Hall–Kier alpha value is -3.41. The first-order valence-electron chi connectivity index (χ1n) is 9.58. The summed E-state index contributed by atoms with van der Waals surface area (Å²) in [5.41, 5.74) is 4.74. The van der Waals surface area contributed by atoms with Gasteiger partial charge in [-0.1, -0.05) is 25.1 Å². The number of nitrogens with one attached hydrogen (secondary N) is 2. The number of rotatable bonds is 5. The van der Waals surface area contributed by atoms with Gasteiger partial charge in [0.2, 0.25) is 5.76 Å². The summed E-state index contributed by atoms with van der Waals surface area (Å²) in [7, 11) is 0. The van der Waals surface area contributed by atoms with Crippen LogP contribution < -0.4 is 5.32 Å². The molecule has 0 saturated heterocycles. The topological polar surface area (TPSA) is 70.9 Å². The van der Waals surface area contributed by atoms with E-state index >= 15 is 0 Å². The Morgan fingerprint density at radius 2 is 2.00 bits per heavy atom. The van der Waals surface area contributed by atoms with Crippen LogP contribution >= 0.6 is 0 Å². The summed E-state index contributed by atoms with van der Waals surface area (Å²) in [5.74, 6) is 0.261. The number of aromatic amines is 1. The number of fused-ring (bicyclic) bond motifs is 1. The molecular weight excluding hydrogens is 369 g/mol. The Balaban J connectivity index is 1.58.